The Bertz CT molecular complexity index is 354. The van der Waals surface area contributed by atoms with Crippen LogP contribution in [0.4, 0.5) is 0 Å². The van der Waals surface area contributed by atoms with Crippen molar-refractivity contribution in [1.29, 1.82) is 5.26 Å². The second-order valence-electron chi connectivity index (χ2n) is 7.55. The number of hydrogen-bond acceptors (Lipinski definition) is 3. The van der Waals surface area contributed by atoms with Crippen LogP contribution in [0.25, 0.3) is 0 Å². The Balaban J connectivity index is 2.02. The van der Waals surface area contributed by atoms with Gasteiger partial charge >= 0.3 is 0 Å². The molecule has 21 heavy (non-hydrogen) atoms. The highest BCUT2D eigenvalue weighted by atomic mass is 15.2. The lowest BCUT2D eigenvalue weighted by Gasteiger charge is -2.36. The van der Waals surface area contributed by atoms with Crippen LogP contribution in [0.5, 0.6) is 0 Å². The minimum absolute atomic E-state index is 0.255. The average Bonchev–Trinajstić information content (AvgIpc) is 3.13. The molecule has 2 aliphatic rings. The Kier molecular flexibility index (Phi) is 6.08. The topological polar surface area (TPSA) is 39.1 Å². The molecule has 0 aliphatic heterocycles. The van der Waals surface area contributed by atoms with Gasteiger partial charge in [-0.15, -0.1) is 0 Å². The van der Waals surface area contributed by atoms with E-state index in [1.807, 2.05) is 0 Å². The molecule has 0 bridgehead atoms. The van der Waals surface area contributed by atoms with Gasteiger partial charge in [0.1, 0.15) is 5.54 Å². The number of nitriles is 1. The summed E-state index contributed by atoms with van der Waals surface area (Å²) in [5.74, 6) is 0.714. The van der Waals surface area contributed by atoms with E-state index in [4.69, 9.17) is 0 Å². The summed E-state index contributed by atoms with van der Waals surface area (Å²) < 4.78 is 0. The van der Waals surface area contributed by atoms with E-state index in [1.54, 1.807) is 0 Å². The molecule has 2 rings (SSSR count). The maximum Gasteiger partial charge on any atom is 0.108 e. The Hall–Kier alpha value is -0.590. The number of nitrogens with one attached hydrogen (secondary N) is 1. The van der Waals surface area contributed by atoms with Crippen molar-refractivity contribution in [3.8, 4) is 6.07 Å². The molecule has 3 heteroatoms. The third kappa shape index (κ3) is 4.20. The Morgan fingerprint density at radius 1 is 1.24 bits per heavy atom. The largest absolute Gasteiger partial charge is 0.299 e. The molecule has 0 radical (unpaired) electrons. The van der Waals surface area contributed by atoms with Gasteiger partial charge in [0.15, 0.2) is 0 Å². The monoisotopic (exact) mass is 291 g/mol. The highest BCUT2D eigenvalue weighted by Crippen LogP contribution is 2.37. The van der Waals surface area contributed by atoms with Gasteiger partial charge in [0.2, 0.25) is 0 Å². The molecule has 2 aliphatic carbocycles. The fraction of sp³-hybridized carbons (Fsp3) is 0.944. The normalized spacial score (nSPS) is 30.4. The van der Waals surface area contributed by atoms with Gasteiger partial charge in [0.05, 0.1) is 6.07 Å². The molecule has 1 N–H and O–H groups in total. The van der Waals surface area contributed by atoms with Crippen LogP contribution < -0.4 is 5.32 Å². The number of nitrogens with zero attached hydrogens (tertiary/aromatic N) is 2. The highest BCUT2D eigenvalue weighted by Gasteiger charge is 2.43. The van der Waals surface area contributed by atoms with Gasteiger partial charge in [-0.1, -0.05) is 33.6 Å². The van der Waals surface area contributed by atoms with Gasteiger partial charge in [0, 0.05) is 18.6 Å². The van der Waals surface area contributed by atoms with Crippen LogP contribution in [-0.2, 0) is 0 Å². The first-order chi connectivity index (χ1) is 10.1. The van der Waals surface area contributed by atoms with Crippen molar-refractivity contribution < 1.29 is 0 Å². The van der Waals surface area contributed by atoms with Gasteiger partial charge in [0.25, 0.3) is 0 Å². The second-order valence-corrected chi connectivity index (χ2v) is 7.55. The Labute approximate surface area is 131 Å². The smallest absolute Gasteiger partial charge is 0.108 e. The summed E-state index contributed by atoms with van der Waals surface area (Å²) in [5, 5.41) is 13.2. The van der Waals surface area contributed by atoms with E-state index in [9.17, 15) is 5.26 Å². The molecule has 0 heterocycles. The molecular weight excluding hydrogens is 258 g/mol. The molecule has 3 nitrogen and oxygen atoms in total. The third-order valence-corrected chi connectivity index (χ3v) is 5.25. The molecule has 2 saturated carbocycles. The van der Waals surface area contributed by atoms with E-state index in [2.05, 4.69) is 37.1 Å². The minimum atomic E-state index is -0.255. The standard InChI is InChI=1S/C18H33N3/c1-4-11-20-18(14-19)10-9-17(12-18)21(13-15(2)3)16-7-5-6-8-16/h15-17,20H,4-13H2,1-3H3. The molecule has 0 spiro atoms. The van der Waals surface area contributed by atoms with Crippen molar-refractivity contribution in [1.82, 2.24) is 10.2 Å². The molecule has 0 saturated heterocycles. The summed E-state index contributed by atoms with van der Waals surface area (Å²) in [6.07, 6.45) is 9.85. The summed E-state index contributed by atoms with van der Waals surface area (Å²) in [5.41, 5.74) is -0.255. The van der Waals surface area contributed by atoms with E-state index in [1.165, 1.54) is 38.6 Å². The Morgan fingerprint density at radius 2 is 1.95 bits per heavy atom. The van der Waals surface area contributed by atoms with Gasteiger partial charge < -0.3 is 0 Å². The van der Waals surface area contributed by atoms with Crippen LogP contribution in [0.3, 0.4) is 0 Å². The molecule has 0 aromatic carbocycles. The maximum absolute atomic E-state index is 9.66. The first-order valence-corrected chi connectivity index (χ1v) is 9.02. The molecule has 0 amide bonds. The molecule has 0 aromatic rings. The first-order valence-electron chi connectivity index (χ1n) is 9.02. The summed E-state index contributed by atoms with van der Waals surface area (Å²) in [4.78, 5) is 2.77. The first kappa shape index (κ1) is 16.8. The molecule has 2 fully saturated rings. The van der Waals surface area contributed by atoms with Gasteiger partial charge in [-0.3, -0.25) is 10.2 Å². The second kappa shape index (κ2) is 7.61. The van der Waals surface area contributed by atoms with Crippen molar-refractivity contribution in [3.63, 3.8) is 0 Å². The highest BCUT2D eigenvalue weighted by molar-refractivity contribution is 5.13. The average molecular weight is 291 g/mol. The van der Waals surface area contributed by atoms with Crippen LogP contribution >= 0.6 is 0 Å². The van der Waals surface area contributed by atoms with E-state index < -0.39 is 0 Å². The predicted octanol–water partition coefficient (Wildman–Crippen LogP) is 3.70. The maximum atomic E-state index is 9.66. The fourth-order valence-corrected chi connectivity index (χ4v) is 4.22. The van der Waals surface area contributed by atoms with Crippen molar-refractivity contribution in [2.45, 2.75) is 89.8 Å². The van der Waals surface area contributed by atoms with Gasteiger partial charge in [-0.05, 0) is 51.0 Å². The molecule has 0 aromatic heterocycles. The summed E-state index contributed by atoms with van der Waals surface area (Å²) in [7, 11) is 0. The van der Waals surface area contributed by atoms with E-state index >= 15 is 0 Å². The summed E-state index contributed by atoms with van der Waals surface area (Å²) in [6, 6.07) is 3.99. The van der Waals surface area contributed by atoms with Crippen LogP contribution in [0.1, 0.15) is 72.1 Å². The van der Waals surface area contributed by atoms with E-state index in [-0.39, 0.29) is 5.54 Å². The SMILES string of the molecule is CCCNC1(C#N)CCC(N(CC(C)C)C2CCCC2)C1. The van der Waals surface area contributed by atoms with E-state index in [0.717, 1.165) is 31.8 Å². The zero-order valence-electron chi connectivity index (χ0n) is 14.2. The van der Waals surface area contributed by atoms with Crippen molar-refractivity contribution in [2.75, 3.05) is 13.1 Å². The van der Waals surface area contributed by atoms with Crippen molar-refractivity contribution in [2.24, 2.45) is 5.92 Å². The van der Waals surface area contributed by atoms with Gasteiger partial charge in [-0.25, -0.2) is 0 Å². The summed E-state index contributed by atoms with van der Waals surface area (Å²) in [6.45, 7) is 8.99. The van der Waals surface area contributed by atoms with Crippen LogP contribution in [0.15, 0.2) is 0 Å². The lowest BCUT2D eigenvalue weighted by atomic mass is 9.98. The van der Waals surface area contributed by atoms with Crippen molar-refractivity contribution >= 4 is 0 Å². The van der Waals surface area contributed by atoms with Crippen LogP contribution in [0.2, 0.25) is 0 Å². The number of hydrogen-bond donors (Lipinski definition) is 1. The molecule has 120 valence electrons. The third-order valence-electron chi connectivity index (χ3n) is 5.25. The van der Waals surface area contributed by atoms with Gasteiger partial charge in [-0.2, -0.15) is 5.26 Å². The van der Waals surface area contributed by atoms with Crippen LogP contribution in [0, 0.1) is 17.2 Å². The van der Waals surface area contributed by atoms with E-state index in [0.29, 0.717) is 12.0 Å². The predicted molar refractivity (Wildman–Crippen MR) is 88.1 cm³/mol. The lowest BCUT2D eigenvalue weighted by molar-refractivity contribution is 0.116. The Morgan fingerprint density at radius 3 is 2.52 bits per heavy atom. The minimum Gasteiger partial charge on any atom is -0.299 e. The zero-order chi connectivity index (χ0) is 15.3. The lowest BCUT2D eigenvalue weighted by Crippen LogP contribution is -2.47. The van der Waals surface area contributed by atoms with Crippen LogP contribution in [-0.4, -0.2) is 35.6 Å². The molecular formula is C18H33N3. The molecule has 2 unspecified atom stereocenters. The number of rotatable bonds is 7. The quantitative estimate of drug-likeness (QED) is 0.777. The van der Waals surface area contributed by atoms with Crippen molar-refractivity contribution in [3.05, 3.63) is 0 Å². The molecule has 2 atom stereocenters. The summed E-state index contributed by atoms with van der Waals surface area (Å²) >= 11 is 0. The zero-order valence-corrected chi connectivity index (χ0v) is 14.2. The fourth-order valence-electron chi connectivity index (χ4n) is 4.22.